The molecular formula is C21H24N6OS. The van der Waals surface area contributed by atoms with E-state index in [4.69, 9.17) is 0 Å². The molecule has 8 heteroatoms. The monoisotopic (exact) mass is 408 g/mol. The molecule has 1 amide bonds. The molecule has 3 aromatic heterocycles. The molecule has 29 heavy (non-hydrogen) atoms. The largest absolute Gasteiger partial charge is 0.342 e. The average molecular weight is 409 g/mol. The molecule has 7 nitrogen and oxygen atoms in total. The molecule has 1 atom stereocenters. The Balaban J connectivity index is 1.42. The van der Waals surface area contributed by atoms with Gasteiger partial charge in [0.25, 0.3) is 0 Å². The molecule has 0 saturated carbocycles. The summed E-state index contributed by atoms with van der Waals surface area (Å²) >= 11 is 1.58. The molecule has 1 aliphatic heterocycles. The normalized spacial score (nSPS) is 16.6. The fraction of sp³-hybridized carbons (Fsp3) is 0.381. The number of nitrogens with one attached hydrogen (secondary N) is 1. The quantitative estimate of drug-likeness (QED) is 0.694. The third-order valence-corrected chi connectivity index (χ3v) is 5.84. The summed E-state index contributed by atoms with van der Waals surface area (Å²) < 4.78 is 0. The Hall–Kier alpha value is -2.87. The number of likely N-dealkylation sites (tertiary alicyclic amines) is 1. The van der Waals surface area contributed by atoms with Gasteiger partial charge in [-0.25, -0.2) is 19.9 Å². The molecule has 0 radical (unpaired) electrons. The van der Waals surface area contributed by atoms with Crippen LogP contribution in [0.3, 0.4) is 0 Å². The number of hydrogen-bond donors (Lipinski definition) is 1. The summed E-state index contributed by atoms with van der Waals surface area (Å²) in [5.41, 5.74) is 2.92. The number of piperidine rings is 1. The Morgan fingerprint density at radius 2 is 2.14 bits per heavy atom. The second-order valence-electron chi connectivity index (χ2n) is 7.36. The van der Waals surface area contributed by atoms with Crippen LogP contribution in [0.1, 0.15) is 40.7 Å². The van der Waals surface area contributed by atoms with Crippen molar-refractivity contribution in [2.45, 2.75) is 39.0 Å². The van der Waals surface area contributed by atoms with E-state index in [1.807, 2.05) is 42.3 Å². The van der Waals surface area contributed by atoms with Gasteiger partial charge in [-0.3, -0.25) is 4.79 Å². The van der Waals surface area contributed by atoms with Crippen LogP contribution in [0.2, 0.25) is 0 Å². The van der Waals surface area contributed by atoms with E-state index >= 15 is 0 Å². The molecule has 1 fully saturated rings. The van der Waals surface area contributed by atoms with Crippen LogP contribution < -0.4 is 5.32 Å². The lowest BCUT2D eigenvalue weighted by molar-refractivity contribution is -0.131. The van der Waals surface area contributed by atoms with Crippen molar-refractivity contribution in [3.8, 4) is 0 Å². The standard InChI is InChI=1S/C21H24N6OS/c1-14-5-6-19(23-11-14)26-21-22-8-7-18(25-21)16-4-3-9-27(12-16)20(28)10-17-13-29-15(2)24-17/h5-8,11,13,16H,3-4,9-10,12H2,1-2H3,(H,22,23,25,26)/t16-/m0/s1. The van der Waals surface area contributed by atoms with Gasteiger partial charge in [-0.2, -0.15) is 0 Å². The Morgan fingerprint density at radius 3 is 2.90 bits per heavy atom. The molecule has 0 bridgehead atoms. The first-order valence-corrected chi connectivity index (χ1v) is 10.7. The maximum absolute atomic E-state index is 12.7. The zero-order valence-corrected chi connectivity index (χ0v) is 17.4. The van der Waals surface area contributed by atoms with Gasteiger partial charge in [-0.05, 0) is 44.4 Å². The predicted molar refractivity (Wildman–Crippen MR) is 113 cm³/mol. The molecular weight excluding hydrogens is 384 g/mol. The first kappa shape index (κ1) is 19.4. The van der Waals surface area contributed by atoms with E-state index in [0.717, 1.165) is 41.3 Å². The van der Waals surface area contributed by atoms with Crippen LogP contribution in [-0.2, 0) is 11.2 Å². The van der Waals surface area contributed by atoms with Gasteiger partial charge >= 0.3 is 0 Å². The van der Waals surface area contributed by atoms with Crippen LogP contribution in [0, 0.1) is 13.8 Å². The number of aromatic nitrogens is 4. The van der Waals surface area contributed by atoms with Crippen LogP contribution in [0.4, 0.5) is 11.8 Å². The van der Waals surface area contributed by atoms with Gasteiger partial charge in [0.15, 0.2) is 0 Å². The number of pyridine rings is 1. The summed E-state index contributed by atoms with van der Waals surface area (Å²) in [6.07, 6.45) is 5.92. The molecule has 1 saturated heterocycles. The molecule has 1 N–H and O–H groups in total. The maximum Gasteiger partial charge on any atom is 0.228 e. The van der Waals surface area contributed by atoms with E-state index in [9.17, 15) is 4.79 Å². The van der Waals surface area contributed by atoms with Crippen molar-refractivity contribution >= 4 is 29.0 Å². The topological polar surface area (TPSA) is 83.9 Å². The Bertz CT molecular complexity index is 987. The van der Waals surface area contributed by atoms with E-state index in [1.165, 1.54) is 0 Å². The van der Waals surface area contributed by atoms with Crippen molar-refractivity contribution in [1.82, 2.24) is 24.8 Å². The number of hydrogen-bond acceptors (Lipinski definition) is 7. The van der Waals surface area contributed by atoms with Crippen molar-refractivity contribution < 1.29 is 4.79 Å². The van der Waals surface area contributed by atoms with E-state index in [-0.39, 0.29) is 11.8 Å². The van der Waals surface area contributed by atoms with E-state index in [2.05, 4.69) is 25.3 Å². The van der Waals surface area contributed by atoms with Crippen molar-refractivity contribution in [3.05, 3.63) is 57.9 Å². The molecule has 1 aliphatic rings. The van der Waals surface area contributed by atoms with Crippen molar-refractivity contribution in [2.24, 2.45) is 0 Å². The lowest BCUT2D eigenvalue weighted by Gasteiger charge is -2.32. The zero-order valence-electron chi connectivity index (χ0n) is 16.6. The minimum absolute atomic E-state index is 0.135. The summed E-state index contributed by atoms with van der Waals surface area (Å²) in [7, 11) is 0. The second-order valence-corrected chi connectivity index (χ2v) is 8.43. The predicted octanol–water partition coefficient (Wildman–Crippen LogP) is 3.64. The summed E-state index contributed by atoms with van der Waals surface area (Å²) in [5, 5.41) is 6.12. The molecule has 4 heterocycles. The molecule has 0 aromatic carbocycles. The Labute approximate surface area is 174 Å². The van der Waals surface area contributed by atoms with Crippen LogP contribution in [0.25, 0.3) is 0 Å². The molecule has 150 valence electrons. The summed E-state index contributed by atoms with van der Waals surface area (Å²) in [5.74, 6) is 1.59. The van der Waals surface area contributed by atoms with Gasteiger partial charge in [-0.1, -0.05) is 6.07 Å². The highest BCUT2D eigenvalue weighted by Gasteiger charge is 2.26. The highest BCUT2D eigenvalue weighted by atomic mass is 32.1. The van der Waals surface area contributed by atoms with Crippen LogP contribution in [0.15, 0.2) is 36.0 Å². The van der Waals surface area contributed by atoms with E-state index < -0.39 is 0 Å². The number of carbonyl (C=O) groups is 1. The highest BCUT2D eigenvalue weighted by molar-refractivity contribution is 7.09. The van der Waals surface area contributed by atoms with Crippen LogP contribution in [0.5, 0.6) is 0 Å². The number of amides is 1. The van der Waals surface area contributed by atoms with E-state index in [0.29, 0.717) is 24.7 Å². The number of thiazole rings is 1. The molecule has 0 spiro atoms. The van der Waals surface area contributed by atoms with Crippen molar-refractivity contribution in [2.75, 3.05) is 18.4 Å². The first-order chi connectivity index (χ1) is 14.1. The molecule has 4 rings (SSSR count). The second kappa shape index (κ2) is 8.65. The third kappa shape index (κ3) is 4.95. The Kier molecular flexibility index (Phi) is 5.80. The highest BCUT2D eigenvalue weighted by Crippen LogP contribution is 2.27. The number of anilines is 2. The minimum Gasteiger partial charge on any atom is -0.342 e. The van der Waals surface area contributed by atoms with Gasteiger partial charge in [0.2, 0.25) is 11.9 Å². The number of carbonyl (C=O) groups excluding carboxylic acids is 1. The summed E-state index contributed by atoms with van der Waals surface area (Å²) in [6, 6.07) is 5.84. The maximum atomic E-state index is 12.7. The van der Waals surface area contributed by atoms with Gasteiger partial charge < -0.3 is 10.2 Å². The minimum atomic E-state index is 0.135. The van der Waals surface area contributed by atoms with Crippen LogP contribution in [-0.4, -0.2) is 43.8 Å². The van der Waals surface area contributed by atoms with Gasteiger partial charge in [-0.15, -0.1) is 11.3 Å². The summed E-state index contributed by atoms with van der Waals surface area (Å²) in [6.45, 7) is 5.44. The summed E-state index contributed by atoms with van der Waals surface area (Å²) in [4.78, 5) is 32.4. The molecule has 3 aromatic rings. The van der Waals surface area contributed by atoms with Crippen LogP contribution >= 0.6 is 11.3 Å². The molecule has 0 aliphatic carbocycles. The van der Waals surface area contributed by atoms with E-state index in [1.54, 1.807) is 23.7 Å². The Morgan fingerprint density at radius 1 is 1.24 bits per heavy atom. The first-order valence-electron chi connectivity index (χ1n) is 9.78. The molecule has 0 unspecified atom stereocenters. The lowest BCUT2D eigenvalue weighted by Crippen LogP contribution is -2.40. The number of nitrogens with zero attached hydrogens (tertiary/aromatic N) is 5. The number of rotatable bonds is 5. The van der Waals surface area contributed by atoms with Gasteiger partial charge in [0.1, 0.15) is 5.82 Å². The fourth-order valence-corrected chi connectivity index (χ4v) is 4.13. The van der Waals surface area contributed by atoms with Gasteiger partial charge in [0.05, 0.1) is 22.8 Å². The average Bonchev–Trinajstić information content (AvgIpc) is 3.14. The van der Waals surface area contributed by atoms with Crippen molar-refractivity contribution in [3.63, 3.8) is 0 Å². The zero-order chi connectivity index (χ0) is 20.2. The lowest BCUT2D eigenvalue weighted by atomic mass is 9.94. The van der Waals surface area contributed by atoms with Gasteiger partial charge in [0, 0.05) is 36.8 Å². The smallest absolute Gasteiger partial charge is 0.228 e. The van der Waals surface area contributed by atoms with Crippen molar-refractivity contribution in [1.29, 1.82) is 0 Å². The number of aryl methyl sites for hydroxylation is 2. The SMILES string of the molecule is Cc1ccc(Nc2nccc([C@H]3CCCN(C(=O)Cc4csc(C)n4)C3)n2)nc1. The fourth-order valence-electron chi connectivity index (χ4n) is 3.52. The third-order valence-electron chi connectivity index (χ3n) is 5.02.